The lowest BCUT2D eigenvalue weighted by atomic mass is 10.3. The van der Waals surface area contributed by atoms with Gasteiger partial charge in [0.15, 0.2) is 5.82 Å². The van der Waals surface area contributed by atoms with Crippen molar-refractivity contribution >= 4 is 11.7 Å². The van der Waals surface area contributed by atoms with Gasteiger partial charge in [-0.3, -0.25) is 4.79 Å². The number of anilines is 1. The highest BCUT2D eigenvalue weighted by Gasteiger charge is 2.08. The summed E-state index contributed by atoms with van der Waals surface area (Å²) in [6, 6.07) is 1.75. The molecule has 7 heteroatoms. The zero-order valence-electron chi connectivity index (χ0n) is 10.2. The van der Waals surface area contributed by atoms with Crippen molar-refractivity contribution < 1.29 is 4.79 Å². The summed E-state index contributed by atoms with van der Waals surface area (Å²) in [5, 5.41) is 7.01. The molecule has 0 fully saturated rings. The number of carbonyl (C=O) groups is 1. The van der Waals surface area contributed by atoms with Gasteiger partial charge in [0.05, 0.1) is 11.8 Å². The first-order valence-electron chi connectivity index (χ1n) is 5.54. The first-order valence-corrected chi connectivity index (χ1v) is 5.54. The van der Waals surface area contributed by atoms with E-state index in [1.54, 1.807) is 19.3 Å². The summed E-state index contributed by atoms with van der Waals surface area (Å²) >= 11 is 0. The van der Waals surface area contributed by atoms with Crippen molar-refractivity contribution in [1.29, 1.82) is 0 Å². The Morgan fingerprint density at radius 2 is 2.28 bits per heavy atom. The summed E-state index contributed by atoms with van der Waals surface area (Å²) in [5.41, 5.74) is 5.53. The van der Waals surface area contributed by atoms with Gasteiger partial charge in [-0.2, -0.15) is 5.10 Å². The quantitative estimate of drug-likeness (QED) is 0.811. The van der Waals surface area contributed by atoms with Gasteiger partial charge >= 0.3 is 0 Å². The van der Waals surface area contributed by atoms with Crippen molar-refractivity contribution in [3.05, 3.63) is 29.8 Å². The standard InChI is InChI=1S/C11H14N6O/c1-3-8-15-9(13-2)4-10(16-8)17-6-7(5-14-17)11(12)18/h4-6H,3H2,1-2H3,(H2,12,18)(H,13,15,16). The average molecular weight is 246 g/mol. The molecule has 3 N–H and O–H groups in total. The zero-order chi connectivity index (χ0) is 13.1. The van der Waals surface area contributed by atoms with E-state index in [-0.39, 0.29) is 0 Å². The Balaban J connectivity index is 2.45. The highest BCUT2D eigenvalue weighted by atomic mass is 16.1. The van der Waals surface area contributed by atoms with Crippen molar-refractivity contribution in [2.24, 2.45) is 5.73 Å². The minimum Gasteiger partial charge on any atom is -0.373 e. The molecule has 0 aliphatic carbocycles. The molecule has 0 radical (unpaired) electrons. The second-order valence-electron chi connectivity index (χ2n) is 3.67. The van der Waals surface area contributed by atoms with Crippen LogP contribution in [0.4, 0.5) is 5.82 Å². The SMILES string of the molecule is CCc1nc(NC)cc(-n2cc(C(N)=O)cn2)n1. The van der Waals surface area contributed by atoms with E-state index in [1.807, 2.05) is 6.92 Å². The number of rotatable bonds is 4. The topological polar surface area (TPSA) is 98.7 Å². The Labute approximate surface area is 104 Å². The lowest BCUT2D eigenvalue weighted by molar-refractivity contribution is 0.100. The molecule has 18 heavy (non-hydrogen) atoms. The molecule has 0 saturated heterocycles. The van der Waals surface area contributed by atoms with Crippen LogP contribution in [0.2, 0.25) is 0 Å². The van der Waals surface area contributed by atoms with Crippen LogP contribution < -0.4 is 11.1 Å². The summed E-state index contributed by atoms with van der Waals surface area (Å²) < 4.78 is 1.50. The smallest absolute Gasteiger partial charge is 0.251 e. The summed E-state index contributed by atoms with van der Waals surface area (Å²) in [5.74, 6) is 1.49. The van der Waals surface area contributed by atoms with Crippen LogP contribution in [-0.4, -0.2) is 32.7 Å². The summed E-state index contributed by atoms with van der Waals surface area (Å²) in [7, 11) is 1.78. The molecular weight excluding hydrogens is 232 g/mol. The number of aromatic nitrogens is 4. The average Bonchev–Trinajstić information content (AvgIpc) is 2.87. The fourth-order valence-corrected chi connectivity index (χ4v) is 1.46. The molecule has 0 unspecified atom stereocenters. The predicted octanol–water partition coefficient (Wildman–Crippen LogP) is 0.365. The van der Waals surface area contributed by atoms with Gasteiger partial charge in [0.1, 0.15) is 11.6 Å². The van der Waals surface area contributed by atoms with Gasteiger partial charge in [0.25, 0.3) is 5.91 Å². The van der Waals surface area contributed by atoms with Crippen LogP contribution in [0.25, 0.3) is 5.82 Å². The van der Waals surface area contributed by atoms with Crippen molar-refractivity contribution in [2.45, 2.75) is 13.3 Å². The molecule has 0 saturated carbocycles. The lowest BCUT2D eigenvalue weighted by Crippen LogP contribution is -2.10. The van der Waals surface area contributed by atoms with Crippen LogP contribution in [0.1, 0.15) is 23.1 Å². The third kappa shape index (κ3) is 2.29. The van der Waals surface area contributed by atoms with Crippen molar-refractivity contribution in [2.75, 3.05) is 12.4 Å². The molecule has 0 atom stereocenters. The Hall–Kier alpha value is -2.44. The van der Waals surface area contributed by atoms with Gasteiger partial charge in [-0.05, 0) is 0 Å². The maximum Gasteiger partial charge on any atom is 0.251 e. The van der Waals surface area contributed by atoms with Crippen molar-refractivity contribution in [3.63, 3.8) is 0 Å². The molecule has 2 aromatic heterocycles. The summed E-state index contributed by atoms with van der Waals surface area (Å²) in [6.07, 6.45) is 3.67. The van der Waals surface area contributed by atoms with Crippen LogP contribution in [-0.2, 0) is 6.42 Å². The summed E-state index contributed by atoms with van der Waals surface area (Å²) in [6.45, 7) is 1.97. The van der Waals surface area contributed by atoms with E-state index < -0.39 is 5.91 Å². The molecule has 1 amide bonds. The number of hydrogen-bond acceptors (Lipinski definition) is 5. The van der Waals surface area contributed by atoms with Gasteiger partial charge in [-0.25, -0.2) is 14.6 Å². The van der Waals surface area contributed by atoms with Crippen LogP contribution >= 0.6 is 0 Å². The molecule has 2 rings (SSSR count). The monoisotopic (exact) mass is 246 g/mol. The third-order valence-electron chi connectivity index (χ3n) is 2.43. The highest BCUT2D eigenvalue weighted by molar-refractivity contribution is 5.92. The minimum atomic E-state index is -0.514. The molecule has 2 aromatic rings. The lowest BCUT2D eigenvalue weighted by Gasteiger charge is -2.06. The maximum atomic E-state index is 11.0. The minimum absolute atomic E-state index is 0.345. The molecule has 0 aliphatic rings. The molecule has 0 bridgehead atoms. The van der Waals surface area contributed by atoms with Crippen LogP contribution in [0.5, 0.6) is 0 Å². The number of primary amides is 1. The van der Waals surface area contributed by atoms with Gasteiger partial charge < -0.3 is 11.1 Å². The Bertz CT molecular complexity index is 554. The fraction of sp³-hybridized carbons (Fsp3) is 0.273. The van der Waals surface area contributed by atoms with E-state index in [2.05, 4.69) is 20.4 Å². The Kier molecular flexibility index (Phi) is 3.22. The Morgan fingerprint density at radius 1 is 1.50 bits per heavy atom. The maximum absolute atomic E-state index is 11.0. The number of hydrogen-bond donors (Lipinski definition) is 2. The van der Waals surface area contributed by atoms with E-state index in [0.717, 1.165) is 0 Å². The fourth-order valence-electron chi connectivity index (χ4n) is 1.46. The van der Waals surface area contributed by atoms with Crippen LogP contribution in [0.3, 0.4) is 0 Å². The zero-order valence-corrected chi connectivity index (χ0v) is 10.2. The molecule has 2 heterocycles. The van der Waals surface area contributed by atoms with Crippen LogP contribution in [0.15, 0.2) is 18.5 Å². The Morgan fingerprint density at radius 3 is 2.83 bits per heavy atom. The normalized spacial score (nSPS) is 10.3. The van der Waals surface area contributed by atoms with Gasteiger partial charge in [-0.15, -0.1) is 0 Å². The molecular formula is C11H14N6O. The first-order chi connectivity index (χ1) is 8.63. The van der Waals surface area contributed by atoms with Crippen molar-refractivity contribution in [3.8, 4) is 5.82 Å². The van der Waals surface area contributed by atoms with Gasteiger partial charge in [0, 0.05) is 25.7 Å². The largest absolute Gasteiger partial charge is 0.373 e. The molecule has 7 nitrogen and oxygen atoms in total. The number of nitrogens with zero attached hydrogens (tertiary/aromatic N) is 4. The van der Waals surface area contributed by atoms with Gasteiger partial charge in [-0.1, -0.05) is 6.92 Å². The molecule has 94 valence electrons. The molecule has 0 aliphatic heterocycles. The van der Waals surface area contributed by atoms with E-state index in [0.29, 0.717) is 29.4 Å². The third-order valence-corrected chi connectivity index (χ3v) is 2.43. The second-order valence-corrected chi connectivity index (χ2v) is 3.67. The van der Waals surface area contributed by atoms with E-state index in [1.165, 1.54) is 10.9 Å². The van der Waals surface area contributed by atoms with Crippen LogP contribution in [0, 0.1) is 0 Å². The van der Waals surface area contributed by atoms with E-state index in [4.69, 9.17) is 5.73 Å². The number of amides is 1. The highest BCUT2D eigenvalue weighted by Crippen LogP contribution is 2.11. The first kappa shape index (κ1) is 12.0. The predicted molar refractivity (Wildman–Crippen MR) is 66.6 cm³/mol. The molecule has 0 aromatic carbocycles. The number of nitrogens with two attached hydrogens (primary N) is 1. The number of carbonyl (C=O) groups excluding carboxylic acids is 1. The second kappa shape index (κ2) is 4.82. The van der Waals surface area contributed by atoms with Crippen molar-refractivity contribution in [1.82, 2.24) is 19.7 Å². The summed E-state index contributed by atoms with van der Waals surface area (Å²) in [4.78, 5) is 19.6. The molecule has 0 spiro atoms. The van der Waals surface area contributed by atoms with Gasteiger partial charge in [0.2, 0.25) is 0 Å². The van der Waals surface area contributed by atoms with E-state index >= 15 is 0 Å². The van der Waals surface area contributed by atoms with E-state index in [9.17, 15) is 4.79 Å². The number of aryl methyl sites for hydroxylation is 1. The number of nitrogens with one attached hydrogen (secondary N) is 1.